The molecule has 0 unspecified atom stereocenters. The zero-order chi connectivity index (χ0) is 14.3. The molecule has 0 saturated carbocycles. The van der Waals surface area contributed by atoms with Crippen LogP contribution in [0.5, 0.6) is 0 Å². The summed E-state index contributed by atoms with van der Waals surface area (Å²) in [6, 6.07) is 9.16. The van der Waals surface area contributed by atoms with E-state index < -0.39 is 10.0 Å². The van der Waals surface area contributed by atoms with Gasteiger partial charge in [-0.05, 0) is 25.3 Å². The van der Waals surface area contributed by atoms with Crippen LogP contribution in [0.4, 0.5) is 0 Å². The van der Waals surface area contributed by atoms with Crippen molar-refractivity contribution in [3.05, 3.63) is 35.4 Å². The van der Waals surface area contributed by atoms with Crippen molar-refractivity contribution in [2.24, 2.45) is 0 Å². The minimum atomic E-state index is -3.05. The van der Waals surface area contributed by atoms with Gasteiger partial charge in [0.1, 0.15) is 0 Å². The standard InChI is InChI=1S/C15H22N2O2S/c1-12-4-3-5-13(10-12)11-16-8-6-15-14(16)7-9-17(15)20(2,18)19/h3-5,10,14-15H,6-9,11H2,1-2H3/t14-,15+/m0/s1. The van der Waals surface area contributed by atoms with Crippen LogP contribution in [0.25, 0.3) is 0 Å². The lowest BCUT2D eigenvalue weighted by Crippen LogP contribution is -2.38. The van der Waals surface area contributed by atoms with Gasteiger partial charge in [-0.2, -0.15) is 4.31 Å². The molecule has 0 bridgehead atoms. The molecular weight excluding hydrogens is 272 g/mol. The predicted molar refractivity (Wildman–Crippen MR) is 79.9 cm³/mol. The molecule has 2 fully saturated rings. The molecule has 2 saturated heterocycles. The van der Waals surface area contributed by atoms with Gasteiger partial charge in [-0.3, -0.25) is 4.90 Å². The Bertz CT molecular complexity index is 600. The first-order chi connectivity index (χ1) is 9.45. The summed E-state index contributed by atoms with van der Waals surface area (Å²) in [7, 11) is -3.05. The van der Waals surface area contributed by atoms with E-state index in [1.54, 1.807) is 4.31 Å². The van der Waals surface area contributed by atoms with E-state index >= 15 is 0 Å². The highest BCUT2D eigenvalue weighted by Crippen LogP contribution is 2.34. The Hall–Kier alpha value is -0.910. The van der Waals surface area contributed by atoms with E-state index in [1.165, 1.54) is 17.4 Å². The number of aryl methyl sites for hydroxylation is 1. The van der Waals surface area contributed by atoms with Gasteiger partial charge < -0.3 is 0 Å². The molecule has 1 aromatic carbocycles. The third-order valence-corrected chi connectivity index (χ3v) is 5.84. The van der Waals surface area contributed by atoms with Crippen molar-refractivity contribution in [1.29, 1.82) is 0 Å². The number of sulfonamides is 1. The lowest BCUT2D eigenvalue weighted by Gasteiger charge is -2.24. The molecule has 0 radical (unpaired) electrons. The summed E-state index contributed by atoms with van der Waals surface area (Å²) in [5, 5.41) is 0. The molecule has 1 aromatic rings. The predicted octanol–water partition coefficient (Wildman–Crippen LogP) is 1.60. The minimum absolute atomic E-state index is 0.190. The van der Waals surface area contributed by atoms with Crippen molar-refractivity contribution in [2.45, 2.75) is 38.4 Å². The van der Waals surface area contributed by atoms with E-state index in [1.807, 2.05) is 0 Å². The quantitative estimate of drug-likeness (QED) is 0.850. The highest BCUT2D eigenvalue weighted by Gasteiger charge is 2.45. The SMILES string of the molecule is Cc1cccc(CN2CC[C@@H]3[C@@H]2CCN3S(C)(=O)=O)c1. The maximum Gasteiger partial charge on any atom is 0.211 e. The van der Waals surface area contributed by atoms with Crippen LogP contribution >= 0.6 is 0 Å². The Labute approximate surface area is 121 Å². The van der Waals surface area contributed by atoms with Gasteiger partial charge in [-0.1, -0.05) is 29.8 Å². The van der Waals surface area contributed by atoms with Gasteiger partial charge in [-0.25, -0.2) is 8.42 Å². The molecule has 0 spiro atoms. The van der Waals surface area contributed by atoms with E-state index in [4.69, 9.17) is 0 Å². The average molecular weight is 294 g/mol. The second kappa shape index (κ2) is 5.13. The summed E-state index contributed by atoms with van der Waals surface area (Å²) < 4.78 is 25.3. The van der Waals surface area contributed by atoms with Crippen LogP contribution in [-0.2, 0) is 16.6 Å². The largest absolute Gasteiger partial charge is 0.294 e. The molecule has 2 aliphatic rings. The Balaban J connectivity index is 1.73. The molecule has 0 aliphatic carbocycles. The van der Waals surface area contributed by atoms with E-state index in [0.717, 1.165) is 25.9 Å². The molecule has 0 aromatic heterocycles. The molecule has 4 nitrogen and oxygen atoms in total. The van der Waals surface area contributed by atoms with Crippen molar-refractivity contribution in [3.8, 4) is 0 Å². The Morgan fingerprint density at radius 3 is 2.65 bits per heavy atom. The second-order valence-electron chi connectivity index (χ2n) is 6.05. The molecule has 110 valence electrons. The normalized spacial score (nSPS) is 27.9. The van der Waals surface area contributed by atoms with E-state index in [9.17, 15) is 8.42 Å². The van der Waals surface area contributed by atoms with Crippen LogP contribution in [0.3, 0.4) is 0 Å². The Kier molecular flexibility index (Phi) is 3.60. The zero-order valence-corrected chi connectivity index (χ0v) is 12.9. The van der Waals surface area contributed by atoms with Crippen LogP contribution < -0.4 is 0 Å². The first-order valence-corrected chi connectivity index (χ1v) is 9.06. The average Bonchev–Trinajstić information content (AvgIpc) is 2.91. The minimum Gasteiger partial charge on any atom is -0.294 e. The highest BCUT2D eigenvalue weighted by atomic mass is 32.2. The number of rotatable bonds is 3. The van der Waals surface area contributed by atoms with Gasteiger partial charge in [0.05, 0.1) is 6.26 Å². The maximum absolute atomic E-state index is 11.8. The summed E-state index contributed by atoms with van der Waals surface area (Å²) in [5.41, 5.74) is 2.60. The smallest absolute Gasteiger partial charge is 0.211 e. The summed E-state index contributed by atoms with van der Waals surface area (Å²) >= 11 is 0. The summed E-state index contributed by atoms with van der Waals surface area (Å²) in [4.78, 5) is 2.45. The number of fused-ring (bicyclic) bond motifs is 1. The molecule has 0 amide bonds. The number of nitrogens with zero attached hydrogens (tertiary/aromatic N) is 2. The zero-order valence-electron chi connectivity index (χ0n) is 12.1. The fraction of sp³-hybridized carbons (Fsp3) is 0.600. The van der Waals surface area contributed by atoms with Crippen molar-refractivity contribution < 1.29 is 8.42 Å². The van der Waals surface area contributed by atoms with Crippen LogP contribution in [0.15, 0.2) is 24.3 Å². The molecule has 0 N–H and O–H groups in total. The summed E-state index contributed by atoms with van der Waals surface area (Å²) in [6.07, 6.45) is 3.26. The second-order valence-corrected chi connectivity index (χ2v) is 7.98. The first-order valence-electron chi connectivity index (χ1n) is 7.21. The lowest BCUT2D eigenvalue weighted by molar-refractivity contribution is 0.240. The van der Waals surface area contributed by atoms with Gasteiger partial charge >= 0.3 is 0 Å². The number of likely N-dealkylation sites (tertiary alicyclic amines) is 1. The van der Waals surface area contributed by atoms with Crippen LogP contribution in [0.1, 0.15) is 24.0 Å². The van der Waals surface area contributed by atoms with Crippen molar-refractivity contribution in [1.82, 2.24) is 9.21 Å². The van der Waals surface area contributed by atoms with Crippen molar-refractivity contribution >= 4 is 10.0 Å². The van der Waals surface area contributed by atoms with Crippen LogP contribution in [0, 0.1) is 6.92 Å². The van der Waals surface area contributed by atoms with Gasteiger partial charge in [0.2, 0.25) is 10.0 Å². The molecular formula is C15H22N2O2S. The first kappa shape index (κ1) is 14.0. The van der Waals surface area contributed by atoms with Crippen molar-refractivity contribution in [2.75, 3.05) is 19.3 Å². The van der Waals surface area contributed by atoms with Crippen LogP contribution in [0.2, 0.25) is 0 Å². The fourth-order valence-corrected chi connectivity index (χ4v) is 4.86. The molecule has 2 atom stereocenters. The molecule has 5 heteroatoms. The van der Waals surface area contributed by atoms with Crippen LogP contribution in [-0.4, -0.2) is 49.1 Å². The lowest BCUT2D eigenvalue weighted by atomic mass is 10.1. The molecule has 3 rings (SSSR count). The van der Waals surface area contributed by atoms with Gasteiger partial charge in [-0.15, -0.1) is 0 Å². The maximum atomic E-state index is 11.8. The number of benzene rings is 1. The van der Waals surface area contributed by atoms with Gasteiger partial charge in [0.15, 0.2) is 0 Å². The fourth-order valence-electron chi connectivity index (χ4n) is 3.69. The van der Waals surface area contributed by atoms with E-state index in [-0.39, 0.29) is 6.04 Å². The molecule has 2 heterocycles. The number of hydrogen-bond acceptors (Lipinski definition) is 3. The summed E-state index contributed by atoms with van der Waals surface area (Å²) in [6.45, 7) is 4.71. The number of hydrogen-bond donors (Lipinski definition) is 0. The molecule has 20 heavy (non-hydrogen) atoms. The third kappa shape index (κ3) is 2.62. The molecule has 2 aliphatic heterocycles. The monoisotopic (exact) mass is 294 g/mol. The van der Waals surface area contributed by atoms with E-state index in [0.29, 0.717) is 12.6 Å². The van der Waals surface area contributed by atoms with Crippen molar-refractivity contribution in [3.63, 3.8) is 0 Å². The summed E-state index contributed by atoms with van der Waals surface area (Å²) in [5.74, 6) is 0. The Morgan fingerprint density at radius 2 is 1.95 bits per heavy atom. The van der Waals surface area contributed by atoms with Gasteiger partial charge in [0, 0.05) is 31.7 Å². The van der Waals surface area contributed by atoms with E-state index in [2.05, 4.69) is 36.1 Å². The topological polar surface area (TPSA) is 40.6 Å². The highest BCUT2D eigenvalue weighted by molar-refractivity contribution is 7.88. The Morgan fingerprint density at radius 1 is 1.20 bits per heavy atom. The third-order valence-electron chi connectivity index (χ3n) is 4.53. The van der Waals surface area contributed by atoms with Gasteiger partial charge in [0.25, 0.3) is 0 Å².